The van der Waals surface area contributed by atoms with E-state index in [-0.39, 0.29) is 50.7 Å². The molecule has 0 radical (unpaired) electrons. The monoisotopic (exact) mass is 205 g/mol. The first-order valence-corrected chi connectivity index (χ1v) is 1.85. The van der Waals surface area contributed by atoms with Gasteiger partial charge in [-0.15, -0.1) is 10.2 Å². The second-order valence-corrected chi connectivity index (χ2v) is 1.13. The molecule has 0 N–H and O–H groups in total. The minimum absolute atomic E-state index is 0. The molecule has 40 valence electrons. The third-order valence-corrected chi connectivity index (χ3v) is 0. The van der Waals surface area contributed by atoms with E-state index in [1.54, 1.807) is 0 Å². The van der Waals surface area contributed by atoms with E-state index >= 15 is 0 Å². The van der Waals surface area contributed by atoms with E-state index < -0.39 is 10.2 Å². The molecule has 0 spiro atoms. The van der Waals surface area contributed by atoms with Crippen molar-refractivity contribution >= 4 is 0 Å². The molecule has 0 atom stereocenters. The van der Waals surface area contributed by atoms with Crippen LogP contribution >= 0.6 is 0 Å². The van der Waals surface area contributed by atoms with Crippen LogP contribution in [0.15, 0.2) is 0 Å². The molecule has 0 aliphatic rings. The molecular weight excluding hydrogens is 207 g/mol. The Morgan fingerprint density at radius 1 is 0.875 bits per heavy atom. The molecule has 0 aromatic rings. The van der Waals surface area contributed by atoms with Crippen LogP contribution in [0.1, 0.15) is 0 Å². The summed E-state index contributed by atoms with van der Waals surface area (Å²) in [5, 5.41) is 0. The maximum Gasteiger partial charge on any atom is 2.00 e. The van der Waals surface area contributed by atoms with Gasteiger partial charge >= 0.3 is 38.3 Å². The van der Waals surface area contributed by atoms with Gasteiger partial charge in [-0.2, -0.15) is 0 Å². The van der Waals surface area contributed by atoms with Gasteiger partial charge in [0, 0.05) is 0 Å². The fourth-order valence-corrected chi connectivity index (χ4v) is 0. The van der Waals surface area contributed by atoms with Gasteiger partial charge in [-0.25, -0.2) is 18.6 Å². The van der Waals surface area contributed by atoms with Gasteiger partial charge in [0.05, 0.1) is 0 Å². The van der Waals surface area contributed by atoms with Gasteiger partial charge in [0.15, 0.2) is 0 Å². The van der Waals surface area contributed by atoms with Gasteiger partial charge < -0.3 is 12.4 Å². The Labute approximate surface area is 79.3 Å². The molecule has 0 aliphatic heterocycles. The molecule has 0 amide bonds. The summed E-state index contributed by atoms with van der Waals surface area (Å²) in [6.07, 6.45) is 0. The van der Waals surface area contributed by atoms with Crippen LogP contribution in [-0.2, 0) is 19.5 Å². The predicted octanol–water partition coefficient (Wildman–Crippen LogP) is -10.8. The van der Waals surface area contributed by atoms with Crippen molar-refractivity contribution in [1.29, 1.82) is 0 Å². The minimum Gasteiger partial charge on any atom is -1.00 e. The van der Waals surface area contributed by atoms with E-state index in [2.05, 4.69) is 0 Å². The summed E-state index contributed by atoms with van der Waals surface area (Å²) in [7, 11) is -4.94. The Morgan fingerprint density at radius 2 is 0.875 bits per heavy atom. The maximum atomic E-state index is 8.49. The first kappa shape index (κ1) is 22.6. The Kier molecular flexibility index (Phi) is 24.4. The van der Waals surface area contributed by atoms with Gasteiger partial charge in [-0.1, -0.05) is 0 Å². The van der Waals surface area contributed by atoms with Crippen molar-refractivity contribution in [2.45, 2.75) is 0 Å². The molecule has 4 nitrogen and oxygen atoms in total. The molecule has 0 fully saturated rings. The fourth-order valence-electron chi connectivity index (χ4n) is 0. The first-order chi connectivity index (χ1) is 2.00. The molecule has 8 heavy (non-hydrogen) atoms. The summed E-state index contributed by atoms with van der Waals surface area (Å²) in [6, 6.07) is 0. The van der Waals surface area contributed by atoms with E-state index in [0.29, 0.717) is 0 Å². The topological polar surface area (TPSA) is 92.2 Å². The predicted molar refractivity (Wildman–Crippen MR) is 0 cm³/mol. The van der Waals surface area contributed by atoms with Gasteiger partial charge in [-0.3, -0.25) is 0 Å². The molecule has 0 aromatic heterocycles. The maximum absolute atomic E-state index is 8.49. The van der Waals surface area contributed by atoms with E-state index in [1.807, 2.05) is 0 Å². The fraction of sp³-hybridized carbons (Fsp3) is 0. The van der Waals surface area contributed by atoms with Crippen LogP contribution in [0, 0.1) is 10.2 Å². The van der Waals surface area contributed by atoms with Crippen LogP contribution in [0.4, 0.5) is 0 Å². The summed E-state index contributed by atoms with van der Waals surface area (Å²) in [5.41, 5.74) is 0. The summed E-state index contributed by atoms with van der Waals surface area (Å²) in [4.78, 5) is 0. The normalized spacial score (nSPS) is 7.50. The van der Waals surface area contributed by atoms with E-state index in [9.17, 15) is 0 Å². The third kappa shape index (κ3) is 125. The Bertz CT molecular complexity index is 29.5. The second-order valence-electron chi connectivity index (χ2n) is 0.378. The second kappa shape index (κ2) is 8.64. The van der Waals surface area contributed by atoms with Crippen LogP contribution in [-0.4, -0.2) is 0 Å². The Hall–Kier alpha value is 1.64. The molecule has 0 heterocycles. The van der Waals surface area contributed by atoms with Crippen LogP contribution < -0.4 is 49.9 Å². The molecule has 0 unspecified atom stereocenters. The number of halogens is 2. The average Bonchev–Trinajstić information content (AvgIpc) is 0.722. The van der Waals surface area contributed by atoms with Crippen molar-refractivity contribution < 1.29 is 79.6 Å². The van der Waals surface area contributed by atoms with Crippen molar-refractivity contribution in [2.24, 2.45) is 0 Å². The number of hydrogen-bond acceptors (Lipinski definition) is 4. The van der Waals surface area contributed by atoms with E-state index in [4.69, 9.17) is 18.6 Å². The molecule has 0 saturated carbocycles. The largest absolute Gasteiger partial charge is 2.00 e. The average molecular weight is 207 g/mol. The molecule has 0 rings (SSSR count). The smallest absolute Gasteiger partial charge is 1.00 e. The van der Waals surface area contributed by atoms with Crippen LogP contribution in [0.3, 0.4) is 0 Å². The summed E-state index contributed by atoms with van der Waals surface area (Å²) < 4.78 is 34.0. The zero-order valence-electron chi connectivity index (χ0n) is 4.10. The third-order valence-electron chi connectivity index (χ3n) is 0. The molecule has 0 aromatic carbocycles. The standard InChI is InChI=1S/ClHO4.ClH.Li.Zn/c2-1(3,4)5;;;/h(H,2,3,4,5);1H;;/q;;+1;+2/p-2. The first-order valence-electron chi connectivity index (χ1n) is 0.617. The quantitative estimate of drug-likeness (QED) is 0.369. The van der Waals surface area contributed by atoms with Crippen molar-refractivity contribution in [3.05, 3.63) is 0 Å². The summed E-state index contributed by atoms with van der Waals surface area (Å²) in [6.45, 7) is 0. The summed E-state index contributed by atoms with van der Waals surface area (Å²) in [5.74, 6) is 0. The number of rotatable bonds is 0. The zero-order valence-corrected chi connectivity index (χ0v) is 8.58. The zero-order chi connectivity index (χ0) is 4.50. The van der Waals surface area contributed by atoms with Crippen molar-refractivity contribution in [3.63, 3.8) is 0 Å². The summed E-state index contributed by atoms with van der Waals surface area (Å²) >= 11 is 0. The van der Waals surface area contributed by atoms with Gasteiger partial charge in [-0.05, 0) is 0 Å². The van der Waals surface area contributed by atoms with Crippen LogP contribution in [0.5, 0.6) is 0 Å². The van der Waals surface area contributed by atoms with Gasteiger partial charge in [0.25, 0.3) is 0 Å². The SMILES string of the molecule is [Cl-].[Li+].[O-][Cl+3]([O-])([O-])[O-].[Zn+2]. The Morgan fingerprint density at radius 3 is 0.875 bits per heavy atom. The van der Waals surface area contributed by atoms with Crippen molar-refractivity contribution in [3.8, 4) is 0 Å². The van der Waals surface area contributed by atoms with Gasteiger partial charge in [0.2, 0.25) is 0 Å². The minimum atomic E-state index is -4.94. The molecular formula is Cl2LiO4Zn+. The number of hydrogen-bond donors (Lipinski definition) is 0. The molecule has 0 bridgehead atoms. The molecule has 8 heteroatoms. The van der Waals surface area contributed by atoms with E-state index in [0.717, 1.165) is 0 Å². The van der Waals surface area contributed by atoms with Crippen molar-refractivity contribution in [1.82, 2.24) is 0 Å². The molecule has 0 aliphatic carbocycles. The molecule has 0 saturated heterocycles. The Balaban J connectivity index is -0.0000000267. The van der Waals surface area contributed by atoms with Crippen molar-refractivity contribution in [2.75, 3.05) is 0 Å². The van der Waals surface area contributed by atoms with Gasteiger partial charge in [0.1, 0.15) is 0 Å². The van der Waals surface area contributed by atoms with E-state index in [1.165, 1.54) is 0 Å². The van der Waals surface area contributed by atoms with Crippen LogP contribution in [0.2, 0.25) is 0 Å². The van der Waals surface area contributed by atoms with Crippen LogP contribution in [0.25, 0.3) is 0 Å².